The third-order valence-electron chi connectivity index (χ3n) is 4.75. The first-order valence-electron chi connectivity index (χ1n) is 9.55. The van der Waals surface area contributed by atoms with E-state index in [0.717, 1.165) is 28.8 Å². The van der Waals surface area contributed by atoms with Gasteiger partial charge in [-0.15, -0.1) is 0 Å². The molecule has 0 amide bonds. The number of nitrogens with one attached hydrogen (secondary N) is 1. The maximum atomic E-state index is 6.01. The molecular formula is C23H28N2O. The smallest absolute Gasteiger partial charge is 0.130 e. The molecule has 1 atom stereocenters. The molecule has 3 aromatic rings. The lowest BCUT2D eigenvalue weighted by Gasteiger charge is -2.17. The lowest BCUT2D eigenvalue weighted by Crippen LogP contribution is -2.16. The van der Waals surface area contributed by atoms with Crippen LogP contribution in [0.25, 0.3) is 10.9 Å². The van der Waals surface area contributed by atoms with E-state index in [9.17, 15) is 0 Å². The second kappa shape index (κ2) is 9.35. The molecule has 0 radical (unpaired) electrons. The topological polar surface area (TPSA) is 34.1 Å². The van der Waals surface area contributed by atoms with Gasteiger partial charge in [0.25, 0.3) is 0 Å². The molecule has 2 aromatic carbocycles. The van der Waals surface area contributed by atoms with E-state index < -0.39 is 0 Å². The van der Waals surface area contributed by atoms with E-state index in [1.54, 1.807) is 0 Å². The van der Waals surface area contributed by atoms with Crippen LogP contribution < -0.4 is 10.1 Å². The van der Waals surface area contributed by atoms with E-state index >= 15 is 0 Å². The van der Waals surface area contributed by atoms with Gasteiger partial charge in [0.2, 0.25) is 0 Å². The van der Waals surface area contributed by atoms with Crippen molar-refractivity contribution in [1.82, 2.24) is 10.3 Å². The van der Waals surface area contributed by atoms with Gasteiger partial charge >= 0.3 is 0 Å². The fraction of sp³-hybridized carbons (Fsp3) is 0.348. The number of aromatic nitrogens is 1. The number of hydrogen-bond donors (Lipinski definition) is 1. The molecule has 0 bridgehead atoms. The molecule has 1 aromatic heterocycles. The predicted octanol–water partition coefficient (Wildman–Crippen LogP) is 5.65. The molecule has 0 saturated carbocycles. The number of benzene rings is 2. The van der Waals surface area contributed by atoms with Crippen LogP contribution in [0.1, 0.15) is 49.9 Å². The van der Waals surface area contributed by atoms with Crippen molar-refractivity contribution in [1.29, 1.82) is 0 Å². The van der Waals surface area contributed by atoms with Crippen molar-refractivity contribution in [2.75, 3.05) is 7.05 Å². The molecule has 136 valence electrons. The number of ether oxygens (including phenoxy) is 1. The Hall–Kier alpha value is -2.39. The Morgan fingerprint density at radius 3 is 2.73 bits per heavy atom. The zero-order chi connectivity index (χ0) is 18.2. The van der Waals surface area contributed by atoms with Crippen LogP contribution in [0.2, 0.25) is 0 Å². The molecule has 1 unspecified atom stereocenters. The summed E-state index contributed by atoms with van der Waals surface area (Å²) in [4.78, 5) is 4.68. The van der Waals surface area contributed by atoms with Gasteiger partial charge in [0.15, 0.2) is 0 Å². The Kier molecular flexibility index (Phi) is 6.62. The van der Waals surface area contributed by atoms with Gasteiger partial charge < -0.3 is 10.1 Å². The highest BCUT2D eigenvalue weighted by Crippen LogP contribution is 2.24. The van der Waals surface area contributed by atoms with Gasteiger partial charge in [0.05, 0.1) is 11.2 Å². The van der Waals surface area contributed by atoms with E-state index in [1.165, 1.54) is 24.8 Å². The average Bonchev–Trinajstić information content (AvgIpc) is 2.70. The monoisotopic (exact) mass is 348 g/mol. The van der Waals surface area contributed by atoms with Crippen LogP contribution in [0, 0.1) is 0 Å². The van der Waals surface area contributed by atoms with Crippen molar-refractivity contribution in [2.45, 2.75) is 45.3 Å². The Bertz CT molecular complexity index is 831. The first kappa shape index (κ1) is 18.4. The van der Waals surface area contributed by atoms with Crippen LogP contribution in [-0.4, -0.2) is 12.0 Å². The largest absolute Gasteiger partial charge is 0.487 e. The number of para-hydroxylation sites is 1. The van der Waals surface area contributed by atoms with Crippen molar-refractivity contribution >= 4 is 10.9 Å². The van der Waals surface area contributed by atoms with Crippen LogP contribution in [-0.2, 0) is 6.61 Å². The third kappa shape index (κ3) is 4.83. The van der Waals surface area contributed by atoms with Gasteiger partial charge in [0, 0.05) is 11.4 Å². The zero-order valence-corrected chi connectivity index (χ0v) is 15.7. The Balaban J connectivity index is 1.65. The highest BCUT2D eigenvalue weighted by Gasteiger charge is 2.10. The fourth-order valence-corrected chi connectivity index (χ4v) is 3.24. The van der Waals surface area contributed by atoms with Crippen molar-refractivity contribution in [3.05, 3.63) is 71.9 Å². The van der Waals surface area contributed by atoms with E-state index in [1.807, 2.05) is 37.4 Å². The minimum atomic E-state index is 0.379. The number of unbranched alkanes of at least 4 members (excludes halogenated alkanes) is 2. The lowest BCUT2D eigenvalue weighted by molar-refractivity contribution is 0.301. The van der Waals surface area contributed by atoms with Crippen molar-refractivity contribution < 1.29 is 4.74 Å². The van der Waals surface area contributed by atoms with Crippen LogP contribution in [0.5, 0.6) is 5.75 Å². The van der Waals surface area contributed by atoms with E-state index in [-0.39, 0.29) is 0 Å². The number of rotatable bonds is 9. The summed E-state index contributed by atoms with van der Waals surface area (Å²) in [6, 6.07) is 21.1. The summed E-state index contributed by atoms with van der Waals surface area (Å²) in [5.74, 6) is 0.896. The molecule has 1 N–H and O–H groups in total. The Labute approximate surface area is 156 Å². The molecule has 3 rings (SSSR count). The van der Waals surface area contributed by atoms with Gasteiger partial charge in [-0.05, 0) is 43.3 Å². The minimum absolute atomic E-state index is 0.379. The molecule has 0 fully saturated rings. The normalized spacial score (nSPS) is 12.2. The summed E-state index contributed by atoms with van der Waals surface area (Å²) in [7, 11) is 2.03. The fourth-order valence-electron chi connectivity index (χ4n) is 3.24. The van der Waals surface area contributed by atoms with E-state index in [0.29, 0.717) is 12.6 Å². The van der Waals surface area contributed by atoms with Gasteiger partial charge in [-0.25, -0.2) is 4.98 Å². The van der Waals surface area contributed by atoms with Crippen molar-refractivity contribution in [2.24, 2.45) is 0 Å². The van der Waals surface area contributed by atoms with E-state index in [4.69, 9.17) is 4.74 Å². The van der Waals surface area contributed by atoms with Crippen molar-refractivity contribution in [3.63, 3.8) is 0 Å². The molecule has 0 aliphatic heterocycles. The standard InChI is InChI=1S/C23H28N2O/c1-3-4-5-12-22(24-2)19-10-8-11-21(16-19)26-17-20-15-14-18-9-6-7-13-23(18)25-20/h6-11,13-16,22,24H,3-5,12,17H2,1-2H3. The van der Waals surface area contributed by atoms with Crippen LogP contribution in [0.3, 0.4) is 0 Å². The average molecular weight is 348 g/mol. The first-order chi connectivity index (χ1) is 12.8. The summed E-state index contributed by atoms with van der Waals surface area (Å²) in [5.41, 5.74) is 3.24. The Morgan fingerprint density at radius 1 is 1.00 bits per heavy atom. The highest BCUT2D eigenvalue weighted by atomic mass is 16.5. The summed E-state index contributed by atoms with van der Waals surface area (Å²) >= 11 is 0. The van der Waals surface area contributed by atoms with Crippen LogP contribution in [0.4, 0.5) is 0 Å². The highest BCUT2D eigenvalue weighted by molar-refractivity contribution is 5.78. The predicted molar refractivity (Wildman–Crippen MR) is 108 cm³/mol. The molecular weight excluding hydrogens is 320 g/mol. The number of nitrogens with zero attached hydrogens (tertiary/aromatic N) is 1. The molecule has 3 nitrogen and oxygen atoms in total. The van der Waals surface area contributed by atoms with Gasteiger partial charge in [-0.3, -0.25) is 0 Å². The quantitative estimate of drug-likeness (QED) is 0.507. The van der Waals surface area contributed by atoms with Gasteiger partial charge in [0.1, 0.15) is 12.4 Å². The summed E-state index contributed by atoms with van der Waals surface area (Å²) in [6.45, 7) is 2.72. The van der Waals surface area contributed by atoms with Crippen LogP contribution >= 0.6 is 0 Å². The summed E-state index contributed by atoms with van der Waals surface area (Å²) in [5, 5.41) is 4.59. The first-order valence-corrected chi connectivity index (χ1v) is 9.55. The molecule has 0 spiro atoms. The molecule has 26 heavy (non-hydrogen) atoms. The molecule has 3 heteroatoms. The molecule has 0 saturated heterocycles. The van der Waals surface area contributed by atoms with Crippen LogP contribution in [0.15, 0.2) is 60.7 Å². The number of fused-ring (bicyclic) bond motifs is 1. The summed E-state index contributed by atoms with van der Waals surface area (Å²) in [6.07, 6.45) is 4.93. The summed E-state index contributed by atoms with van der Waals surface area (Å²) < 4.78 is 6.01. The maximum absolute atomic E-state index is 6.01. The molecule has 0 aliphatic rings. The Morgan fingerprint density at radius 2 is 1.88 bits per heavy atom. The third-order valence-corrected chi connectivity index (χ3v) is 4.75. The number of hydrogen-bond acceptors (Lipinski definition) is 3. The van der Waals surface area contributed by atoms with Crippen molar-refractivity contribution in [3.8, 4) is 5.75 Å². The van der Waals surface area contributed by atoms with Gasteiger partial charge in [-0.2, -0.15) is 0 Å². The maximum Gasteiger partial charge on any atom is 0.130 e. The van der Waals surface area contributed by atoms with E-state index in [2.05, 4.69) is 47.6 Å². The SMILES string of the molecule is CCCCCC(NC)c1cccc(OCc2ccc3ccccc3n2)c1. The second-order valence-corrected chi connectivity index (χ2v) is 6.69. The second-order valence-electron chi connectivity index (χ2n) is 6.69. The number of pyridine rings is 1. The lowest BCUT2D eigenvalue weighted by atomic mass is 10.0. The minimum Gasteiger partial charge on any atom is -0.487 e. The molecule has 0 aliphatic carbocycles. The molecule has 1 heterocycles. The zero-order valence-electron chi connectivity index (χ0n) is 15.7. The van der Waals surface area contributed by atoms with Gasteiger partial charge in [-0.1, -0.05) is 62.6 Å².